The third kappa shape index (κ3) is 3.32. The van der Waals surface area contributed by atoms with E-state index in [1.807, 2.05) is 6.92 Å². The lowest BCUT2D eigenvalue weighted by Crippen LogP contribution is -2.48. The van der Waals surface area contributed by atoms with Crippen LogP contribution in [0.4, 0.5) is 4.39 Å². The standard InChI is InChI=1S/C15H21FN2O/c1-3-6-17-7-9-18(10-8-17)15(19)13-11-12(2)4-5-14(13)16/h4-5,11H,3,6-10H2,1-2H3. The van der Waals surface area contributed by atoms with Gasteiger partial charge in [-0.3, -0.25) is 9.69 Å². The molecule has 1 amide bonds. The highest BCUT2D eigenvalue weighted by Gasteiger charge is 2.23. The number of benzene rings is 1. The summed E-state index contributed by atoms with van der Waals surface area (Å²) in [6.07, 6.45) is 1.13. The van der Waals surface area contributed by atoms with E-state index in [0.717, 1.165) is 31.6 Å². The van der Waals surface area contributed by atoms with Gasteiger partial charge in [0, 0.05) is 26.2 Å². The van der Waals surface area contributed by atoms with Crippen molar-refractivity contribution < 1.29 is 9.18 Å². The Labute approximate surface area is 114 Å². The summed E-state index contributed by atoms with van der Waals surface area (Å²) in [5.41, 5.74) is 1.11. The van der Waals surface area contributed by atoms with Crippen molar-refractivity contribution in [1.82, 2.24) is 9.80 Å². The van der Waals surface area contributed by atoms with Crippen LogP contribution in [-0.2, 0) is 0 Å². The first-order chi connectivity index (χ1) is 9.11. The van der Waals surface area contributed by atoms with Crippen molar-refractivity contribution in [2.75, 3.05) is 32.7 Å². The minimum atomic E-state index is -0.424. The molecule has 19 heavy (non-hydrogen) atoms. The van der Waals surface area contributed by atoms with Gasteiger partial charge in [-0.2, -0.15) is 0 Å². The molecule has 0 aliphatic carbocycles. The molecule has 0 unspecified atom stereocenters. The van der Waals surface area contributed by atoms with Crippen molar-refractivity contribution in [3.8, 4) is 0 Å². The van der Waals surface area contributed by atoms with E-state index >= 15 is 0 Å². The maximum Gasteiger partial charge on any atom is 0.256 e. The van der Waals surface area contributed by atoms with E-state index in [1.54, 1.807) is 17.0 Å². The van der Waals surface area contributed by atoms with Gasteiger partial charge in [0.1, 0.15) is 5.82 Å². The van der Waals surface area contributed by atoms with E-state index in [4.69, 9.17) is 0 Å². The second-order valence-corrected chi connectivity index (χ2v) is 5.12. The summed E-state index contributed by atoms with van der Waals surface area (Å²) in [7, 11) is 0. The lowest BCUT2D eigenvalue weighted by Gasteiger charge is -2.34. The molecule has 4 heteroatoms. The number of rotatable bonds is 3. The van der Waals surface area contributed by atoms with Crippen LogP contribution in [0.2, 0.25) is 0 Å². The molecule has 1 aromatic rings. The van der Waals surface area contributed by atoms with Crippen molar-refractivity contribution in [3.63, 3.8) is 0 Å². The first kappa shape index (κ1) is 14.0. The Morgan fingerprint density at radius 1 is 1.26 bits per heavy atom. The molecule has 0 bridgehead atoms. The van der Waals surface area contributed by atoms with Gasteiger partial charge >= 0.3 is 0 Å². The van der Waals surface area contributed by atoms with Crippen LogP contribution < -0.4 is 0 Å². The van der Waals surface area contributed by atoms with Crippen molar-refractivity contribution in [2.24, 2.45) is 0 Å². The number of hydrogen-bond acceptors (Lipinski definition) is 2. The van der Waals surface area contributed by atoms with Gasteiger partial charge in [-0.15, -0.1) is 0 Å². The molecule has 1 aliphatic rings. The molecule has 0 N–H and O–H groups in total. The monoisotopic (exact) mass is 264 g/mol. The molecule has 0 aromatic heterocycles. The molecular formula is C15H21FN2O. The van der Waals surface area contributed by atoms with Gasteiger partial charge in [0.25, 0.3) is 5.91 Å². The average molecular weight is 264 g/mol. The molecule has 0 spiro atoms. The Morgan fingerprint density at radius 2 is 1.95 bits per heavy atom. The minimum absolute atomic E-state index is 0.183. The zero-order valence-electron chi connectivity index (χ0n) is 11.7. The van der Waals surface area contributed by atoms with E-state index in [0.29, 0.717) is 13.1 Å². The van der Waals surface area contributed by atoms with Crippen molar-refractivity contribution >= 4 is 5.91 Å². The topological polar surface area (TPSA) is 23.6 Å². The fourth-order valence-corrected chi connectivity index (χ4v) is 2.46. The van der Waals surface area contributed by atoms with Gasteiger partial charge in [-0.1, -0.05) is 18.6 Å². The molecule has 1 aliphatic heterocycles. The van der Waals surface area contributed by atoms with Gasteiger partial charge in [0.15, 0.2) is 0 Å². The quantitative estimate of drug-likeness (QED) is 0.836. The Kier molecular flexibility index (Phi) is 4.53. The summed E-state index contributed by atoms with van der Waals surface area (Å²) >= 11 is 0. The normalized spacial score (nSPS) is 16.7. The molecule has 1 aromatic carbocycles. The maximum absolute atomic E-state index is 13.7. The van der Waals surface area contributed by atoms with Crippen molar-refractivity contribution in [2.45, 2.75) is 20.3 Å². The number of aryl methyl sites for hydroxylation is 1. The van der Waals surface area contributed by atoms with E-state index in [1.165, 1.54) is 6.07 Å². The zero-order chi connectivity index (χ0) is 13.8. The van der Waals surface area contributed by atoms with Gasteiger partial charge in [0.05, 0.1) is 5.56 Å². The number of hydrogen-bond donors (Lipinski definition) is 0. The van der Waals surface area contributed by atoms with Crippen LogP contribution in [0.15, 0.2) is 18.2 Å². The molecule has 1 saturated heterocycles. The molecule has 104 valence electrons. The summed E-state index contributed by atoms with van der Waals surface area (Å²) in [4.78, 5) is 16.4. The van der Waals surface area contributed by atoms with Crippen LogP contribution in [0.1, 0.15) is 29.3 Å². The molecule has 0 radical (unpaired) electrons. The summed E-state index contributed by atoms with van der Waals surface area (Å²) in [5.74, 6) is -0.607. The number of halogens is 1. The van der Waals surface area contributed by atoms with E-state index in [9.17, 15) is 9.18 Å². The molecule has 0 atom stereocenters. The van der Waals surface area contributed by atoms with E-state index in [2.05, 4.69) is 11.8 Å². The van der Waals surface area contributed by atoms with Crippen molar-refractivity contribution in [1.29, 1.82) is 0 Å². The Bertz CT molecular complexity index is 453. The number of carbonyl (C=O) groups is 1. The summed E-state index contributed by atoms with van der Waals surface area (Å²) in [6.45, 7) is 8.23. The van der Waals surface area contributed by atoms with Crippen LogP contribution in [0, 0.1) is 12.7 Å². The Hall–Kier alpha value is -1.42. The van der Waals surface area contributed by atoms with Crippen LogP contribution >= 0.6 is 0 Å². The third-order valence-electron chi connectivity index (χ3n) is 3.55. The fourth-order valence-electron chi connectivity index (χ4n) is 2.46. The SMILES string of the molecule is CCCN1CCN(C(=O)c2cc(C)ccc2F)CC1. The molecule has 0 saturated carbocycles. The average Bonchev–Trinajstić information content (AvgIpc) is 2.42. The highest BCUT2D eigenvalue weighted by Crippen LogP contribution is 2.14. The predicted octanol–water partition coefficient (Wildman–Crippen LogP) is 2.30. The van der Waals surface area contributed by atoms with Crippen LogP contribution in [0.3, 0.4) is 0 Å². The van der Waals surface area contributed by atoms with Crippen LogP contribution in [0.5, 0.6) is 0 Å². The lowest BCUT2D eigenvalue weighted by atomic mass is 10.1. The number of carbonyl (C=O) groups excluding carboxylic acids is 1. The third-order valence-corrected chi connectivity index (χ3v) is 3.55. The van der Waals surface area contributed by atoms with Gasteiger partial charge < -0.3 is 4.90 Å². The van der Waals surface area contributed by atoms with E-state index < -0.39 is 5.82 Å². The summed E-state index contributed by atoms with van der Waals surface area (Å²) in [6, 6.07) is 4.69. The van der Waals surface area contributed by atoms with Gasteiger partial charge in [-0.25, -0.2) is 4.39 Å². The summed E-state index contributed by atoms with van der Waals surface area (Å²) in [5, 5.41) is 0. The minimum Gasteiger partial charge on any atom is -0.336 e. The van der Waals surface area contributed by atoms with Crippen molar-refractivity contribution in [3.05, 3.63) is 35.1 Å². The molecule has 1 fully saturated rings. The smallest absolute Gasteiger partial charge is 0.256 e. The van der Waals surface area contributed by atoms with Gasteiger partial charge in [0.2, 0.25) is 0 Å². The van der Waals surface area contributed by atoms with E-state index in [-0.39, 0.29) is 11.5 Å². The second-order valence-electron chi connectivity index (χ2n) is 5.12. The number of nitrogens with zero attached hydrogens (tertiary/aromatic N) is 2. The summed E-state index contributed by atoms with van der Waals surface area (Å²) < 4.78 is 13.7. The first-order valence-electron chi connectivity index (χ1n) is 6.89. The van der Waals surface area contributed by atoms with Gasteiger partial charge in [-0.05, 0) is 32.0 Å². The predicted molar refractivity (Wildman–Crippen MR) is 73.8 cm³/mol. The second kappa shape index (κ2) is 6.15. The fraction of sp³-hybridized carbons (Fsp3) is 0.533. The molecule has 1 heterocycles. The molecule has 3 nitrogen and oxygen atoms in total. The number of amides is 1. The Balaban J connectivity index is 2.03. The lowest BCUT2D eigenvalue weighted by molar-refractivity contribution is 0.0633. The highest BCUT2D eigenvalue weighted by molar-refractivity contribution is 5.94. The highest BCUT2D eigenvalue weighted by atomic mass is 19.1. The molecule has 2 rings (SSSR count). The number of piperazine rings is 1. The maximum atomic E-state index is 13.7. The molecular weight excluding hydrogens is 243 g/mol. The van der Waals surface area contributed by atoms with Crippen LogP contribution in [-0.4, -0.2) is 48.4 Å². The zero-order valence-corrected chi connectivity index (χ0v) is 11.7. The Morgan fingerprint density at radius 3 is 2.58 bits per heavy atom. The first-order valence-corrected chi connectivity index (χ1v) is 6.89. The largest absolute Gasteiger partial charge is 0.336 e. The van der Waals surface area contributed by atoms with Crippen LogP contribution in [0.25, 0.3) is 0 Å².